The molecule has 1 aliphatic rings. The first-order valence-corrected chi connectivity index (χ1v) is 10.9. The molecule has 0 aliphatic carbocycles. The molecule has 1 aliphatic heterocycles. The van der Waals surface area contributed by atoms with Crippen molar-refractivity contribution >= 4 is 32.3 Å². The third kappa shape index (κ3) is 3.66. The lowest BCUT2D eigenvalue weighted by Crippen LogP contribution is -2.26. The molecule has 0 saturated heterocycles. The van der Waals surface area contributed by atoms with Crippen LogP contribution in [0.5, 0.6) is 0 Å². The van der Waals surface area contributed by atoms with Crippen molar-refractivity contribution in [3.8, 4) is 0 Å². The molecule has 6 heteroatoms. The van der Waals surface area contributed by atoms with Gasteiger partial charge in [-0.15, -0.1) is 0 Å². The first kappa shape index (κ1) is 20.0. The predicted octanol–water partition coefficient (Wildman–Crippen LogP) is 4.04. The molecule has 0 fully saturated rings. The van der Waals surface area contributed by atoms with Crippen LogP contribution in [0.2, 0.25) is 0 Å². The first-order valence-electron chi connectivity index (χ1n) is 9.45. The third-order valence-electron chi connectivity index (χ3n) is 5.78. The molecule has 0 bridgehead atoms. The van der Waals surface area contributed by atoms with Crippen molar-refractivity contribution in [2.24, 2.45) is 0 Å². The molecule has 2 aromatic carbocycles. The van der Waals surface area contributed by atoms with Gasteiger partial charge >= 0.3 is 0 Å². The fourth-order valence-electron chi connectivity index (χ4n) is 4.06. The average molecular weight is 391 g/mol. The molecule has 146 valence electrons. The van der Waals surface area contributed by atoms with E-state index in [4.69, 9.17) is 5.11 Å². The summed E-state index contributed by atoms with van der Waals surface area (Å²) in [4.78, 5) is -0.0767. The fraction of sp³-hybridized carbons (Fsp3) is 0.476. The maximum Gasteiger partial charge on any atom is 0.294 e. The zero-order chi connectivity index (χ0) is 19.8. The lowest BCUT2D eigenvalue weighted by Gasteiger charge is -2.17. The van der Waals surface area contributed by atoms with E-state index in [1.807, 2.05) is 6.07 Å². The van der Waals surface area contributed by atoms with Gasteiger partial charge in [0.25, 0.3) is 10.1 Å². The molecule has 3 rings (SSSR count). The summed E-state index contributed by atoms with van der Waals surface area (Å²) in [7, 11) is -4.21. The Morgan fingerprint density at radius 3 is 2.41 bits per heavy atom. The van der Waals surface area contributed by atoms with Crippen molar-refractivity contribution < 1.29 is 22.7 Å². The van der Waals surface area contributed by atoms with Crippen LogP contribution < -0.4 is 0 Å². The van der Waals surface area contributed by atoms with E-state index in [0.29, 0.717) is 0 Å². The van der Waals surface area contributed by atoms with Gasteiger partial charge in [-0.05, 0) is 55.7 Å². The predicted molar refractivity (Wildman–Crippen MR) is 108 cm³/mol. The van der Waals surface area contributed by atoms with Crippen LogP contribution in [0, 0.1) is 0 Å². The molecule has 1 heterocycles. The van der Waals surface area contributed by atoms with Gasteiger partial charge in [0, 0.05) is 31.6 Å². The highest BCUT2D eigenvalue weighted by molar-refractivity contribution is 7.85. The average Bonchev–Trinajstić information content (AvgIpc) is 2.80. The monoisotopic (exact) mass is 390 g/mol. The highest BCUT2D eigenvalue weighted by Gasteiger charge is 2.44. The molecule has 5 nitrogen and oxygen atoms in total. The molecule has 0 unspecified atom stereocenters. The van der Waals surface area contributed by atoms with Gasteiger partial charge in [-0.2, -0.15) is 13.0 Å². The Labute approximate surface area is 161 Å². The van der Waals surface area contributed by atoms with Crippen molar-refractivity contribution in [3.05, 3.63) is 35.9 Å². The molecular formula is C21H28NO4S+. The fourth-order valence-corrected chi connectivity index (χ4v) is 4.58. The summed E-state index contributed by atoms with van der Waals surface area (Å²) < 4.78 is 34.6. The Morgan fingerprint density at radius 1 is 1.04 bits per heavy atom. The Bertz CT molecular complexity index is 1010. The maximum atomic E-state index is 11.5. The molecule has 0 radical (unpaired) electrons. The van der Waals surface area contributed by atoms with E-state index < -0.39 is 10.1 Å². The Morgan fingerprint density at radius 2 is 1.74 bits per heavy atom. The van der Waals surface area contributed by atoms with Crippen molar-refractivity contribution in [2.45, 2.75) is 56.8 Å². The van der Waals surface area contributed by atoms with Crippen LogP contribution in [0.15, 0.2) is 35.2 Å². The van der Waals surface area contributed by atoms with E-state index in [9.17, 15) is 13.0 Å². The summed E-state index contributed by atoms with van der Waals surface area (Å²) in [5, 5.41) is 10.8. The topological polar surface area (TPSA) is 77.6 Å². The highest BCUT2D eigenvalue weighted by Crippen LogP contribution is 2.44. The summed E-state index contributed by atoms with van der Waals surface area (Å²) in [5.74, 6) is 0. The van der Waals surface area contributed by atoms with E-state index in [-0.39, 0.29) is 16.9 Å². The smallest absolute Gasteiger partial charge is 0.294 e. The van der Waals surface area contributed by atoms with Crippen LogP contribution in [0.1, 0.15) is 52.0 Å². The van der Waals surface area contributed by atoms with Gasteiger partial charge in [-0.1, -0.05) is 12.5 Å². The Balaban J connectivity index is 2.01. The number of unbranched alkanes of at least 4 members (excludes halogenated alkanes) is 3. The molecule has 2 aromatic rings. The minimum Gasteiger partial charge on any atom is -0.396 e. The second-order valence-corrected chi connectivity index (χ2v) is 9.24. The largest absolute Gasteiger partial charge is 0.396 e. The number of hydrogen-bond donors (Lipinski definition) is 2. The zero-order valence-corrected chi connectivity index (χ0v) is 17.0. The van der Waals surface area contributed by atoms with E-state index in [2.05, 4.69) is 31.4 Å². The maximum absolute atomic E-state index is 11.5. The molecule has 0 spiro atoms. The number of aliphatic hydroxyl groups is 1. The molecule has 0 aromatic heterocycles. The minimum absolute atomic E-state index is 0.0767. The van der Waals surface area contributed by atoms with Crippen molar-refractivity contribution in [3.63, 3.8) is 0 Å². The van der Waals surface area contributed by atoms with Crippen molar-refractivity contribution in [1.29, 1.82) is 0 Å². The Hall–Kier alpha value is -1.76. The van der Waals surface area contributed by atoms with Crippen LogP contribution in [-0.2, 0) is 15.5 Å². The molecule has 0 amide bonds. The van der Waals surface area contributed by atoms with Crippen LogP contribution in [0.3, 0.4) is 0 Å². The number of nitrogens with zero attached hydrogens (tertiary/aromatic N) is 1. The van der Waals surface area contributed by atoms with Crippen LogP contribution in [0.4, 0.5) is 5.69 Å². The summed E-state index contributed by atoms with van der Waals surface area (Å²) in [5.41, 5.74) is 3.51. The SMILES string of the molecule is CC1=[N+](CCCCCCO)c2ccc3cc(S(=O)(=O)O)ccc3c2C1(C)C. The molecule has 0 saturated carbocycles. The number of aliphatic hydroxyl groups excluding tert-OH is 1. The van der Waals surface area contributed by atoms with Crippen LogP contribution in [-0.4, -0.2) is 41.5 Å². The van der Waals surface area contributed by atoms with Gasteiger partial charge in [-0.3, -0.25) is 4.55 Å². The quantitative estimate of drug-likeness (QED) is 0.425. The summed E-state index contributed by atoms with van der Waals surface area (Å²) in [6, 6.07) is 8.79. The summed E-state index contributed by atoms with van der Waals surface area (Å²) >= 11 is 0. The molecular weight excluding hydrogens is 362 g/mol. The molecule has 27 heavy (non-hydrogen) atoms. The lowest BCUT2D eigenvalue weighted by molar-refractivity contribution is -0.439. The van der Waals surface area contributed by atoms with Gasteiger partial charge in [-0.25, -0.2) is 0 Å². The third-order valence-corrected chi connectivity index (χ3v) is 6.63. The van der Waals surface area contributed by atoms with Gasteiger partial charge in [0.15, 0.2) is 5.71 Å². The summed E-state index contributed by atoms with van der Waals surface area (Å²) in [6.07, 6.45) is 4.04. The second-order valence-electron chi connectivity index (χ2n) is 7.82. The number of benzene rings is 2. The normalized spacial score (nSPS) is 16.2. The van der Waals surface area contributed by atoms with Crippen molar-refractivity contribution in [1.82, 2.24) is 0 Å². The number of rotatable bonds is 7. The van der Waals surface area contributed by atoms with Crippen LogP contribution >= 0.6 is 0 Å². The van der Waals surface area contributed by atoms with Gasteiger partial charge in [0.1, 0.15) is 6.54 Å². The molecule has 2 N–H and O–H groups in total. The van der Waals surface area contributed by atoms with Gasteiger partial charge in [0.05, 0.1) is 10.3 Å². The van der Waals surface area contributed by atoms with Crippen molar-refractivity contribution in [2.75, 3.05) is 13.2 Å². The van der Waals surface area contributed by atoms with Crippen LogP contribution in [0.25, 0.3) is 10.8 Å². The minimum atomic E-state index is -4.21. The molecule has 0 atom stereocenters. The summed E-state index contributed by atoms with van der Waals surface area (Å²) in [6.45, 7) is 7.74. The highest BCUT2D eigenvalue weighted by atomic mass is 32.2. The Kier molecular flexibility index (Phi) is 5.43. The van der Waals surface area contributed by atoms with E-state index in [0.717, 1.165) is 43.0 Å². The van der Waals surface area contributed by atoms with E-state index in [1.165, 1.54) is 29.1 Å². The van der Waals surface area contributed by atoms with Gasteiger partial charge < -0.3 is 5.11 Å². The second kappa shape index (κ2) is 7.34. The lowest BCUT2D eigenvalue weighted by atomic mass is 9.80. The zero-order valence-electron chi connectivity index (χ0n) is 16.2. The number of fused-ring (bicyclic) bond motifs is 3. The van der Waals surface area contributed by atoms with E-state index >= 15 is 0 Å². The first-order chi connectivity index (χ1) is 12.7. The van der Waals surface area contributed by atoms with E-state index in [1.54, 1.807) is 6.07 Å². The number of hydrogen-bond acceptors (Lipinski definition) is 3. The standard InChI is InChI=1S/C21H27NO4S/c1-15-21(2,3)20-18-10-9-17(27(24,25)26)14-16(18)8-11-19(20)22(15)12-6-4-5-7-13-23/h8-11,14,23H,4-7,12-13H2,1-3H3/p+1. The van der Waals surface area contributed by atoms with Gasteiger partial charge in [0.2, 0.25) is 5.69 Å².